The average molecular weight is 250 g/mol. The molecule has 0 aromatic rings. The summed E-state index contributed by atoms with van der Waals surface area (Å²) >= 11 is 0. The molecule has 0 spiro atoms. The molecule has 104 valence electrons. The molecule has 2 saturated carbocycles. The molecule has 1 N–H and O–H groups in total. The molecule has 4 atom stereocenters. The van der Waals surface area contributed by atoms with Crippen molar-refractivity contribution in [3.63, 3.8) is 0 Å². The lowest BCUT2D eigenvalue weighted by molar-refractivity contribution is 0.139. The second kappa shape index (κ2) is 5.92. The predicted octanol–water partition coefficient (Wildman–Crippen LogP) is 3.03. The lowest BCUT2D eigenvalue weighted by Crippen LogP contribution is -2.46. The Hall–Kier alpha value is -0.0800. The number of likely N-dealkylation sites (tertiary alicyclic amines) is 1. The van der Waals surface area contributed by atoms with Gasteiger partial charge in [0.15, 0.2) is 0 Å². The van der Waals surface area contributed by atoms with Gasteiger partial charge in [0.25, 0.3) is 0 Å². The third-order valence-electron chi connectivity index (χ3n) is 5.56. The maximum atomic E-state index is 3.81. The average Bonchev–Trinajstić information content (AvgIpc) is 3.00. The number of hydrogen-bond donors (Lipinski definition) is 1. The van der Waals surface area contributed by atoms with Crippen molar-refractivity contribution in [3.8, 4) is 0 Å². The summed E-state index contributed by atoms with van der Waals surface area (Å²) < 4.78 is 0. The van der Waals surface area contributed by atoms with Crippen LogP contribution in [0.25, 0.3) is 0 Å². The highest BCUT2D eigenvalue weighted by Crippen LogP contribution is 2.38. The zero-order valence-electron chi connectivity index (χ0n) is 12.0. The van der Waals surface area contributed by atoms with Crippen LogP contribution < -0.4 is 5.32 Å². The summed E-state index contributed by atoms with van der Waals surface area (Å²) in [5.41, 5.74) is 0. The quantitative estimate of drug-likeness (QED) is 0.807. The molecule has 0 amide bonds. The van der Waals surface area contributed by atoms with Crippen LogP contribution in [-0.4, -0.2) is 36.6 Å². The normalized spacial score (nSPS) is 40.5. The Morgan fingerprint density at radius 1 is 1.11 bits per heavy atom. The van der Waals surface area contributed by atoms with E-state index in [9.17, 15) is 0 Å². The Bertz CT molecular complexity index is 266. The molecule has 1 heterocycles. The van der Waals surface area contributed by atoms with E-state index in [0.29, 0.717) is 0 Å². The smallest absolute Gasteiger partial charge is 0.0107 e. The molecule has 2 bridgehead atoms. The minimum absolute atomic E-state index is 0.817. The first-order valence-corrected chi connectivity index (χ1v) is 8.34. The highest BCUT2D eigenvalue weighted by molar-refractivity contribution is 4.94. The molecule has 18 heavy (non-hydrogen) atoms. The number of nitrogens with one attached hydrogen (secondary N) is 1. The van der Waals surface area contributed by atoms with Crippen LogP contribution in [0.3, 0.4) is 0 Å². The van der Waals surface area contributed by atoms with Crippen LogP contribution in [0.4, 0.5) is 0 Å². The zero-order valence-corrected chi connectivity index (χ0v) is 12.0. The molecule has 3 rings (SSSR count). The highest BCUT2D eigenvalue weighted by Gasteiger charge is 2.39. The molecule has 2 heteroatoms. The summed E-state index contributed by atoms with van der Waals surface area (Å²) in [6, 6.07) is 1.78. The Morgan fingerprint density at radius 2 is 2.00 bits per heavy atom. The van der Waals surface area contributed by atoms with Gasteiger partial charge in [0, 0.05) is 25.2 Å². The van der Waals surface area contributed by atoms with E-state index in [1.54, 1.807) is 0 Å². The third kappa shape index (κ3) is 2.75. The minimum atomic E-state index is 0.817. The number of nitrogens with zero attached hydrogens (tertiary/aromatic N) is 1. The van der Waals surface area contributed by atoms with Crippen LogP contribution in [-0.2, 0) is 0 Å². The molecule has 1 saturated heterocycles. The Labute approximate surface area is 113 Å². The van der Waals surface area contributed by atoms with Gasteiger partial charge < -0.3 is 5.32 Å². The van der Waals surface area contributed by atoms with Crippen LogP contribution in [0.5, 0.6) is 0 Å². The van der Waals surface area contributed by atoms with Gasteiger partial charge in [-0.2, -0.15) is 0 Å². The molecule has 2 aliphatic carbocycles. The second-order valence-electron chi connectivity index (χ2n) is 6.89. The van der Waals surface area contributed by atoms with Gasteiger partial charge in [0.05, 0.1) is 0 Å². The van der Waals surface area contributed by atoms with Crippen LogP contribution in [0.2, 0.25) is 0 Å². The molecule has 4 unspecified atom stereocenters. The van der Waals surface area contributed by atoms with Crippen molar-refractivity contribution in [2.24, 2.45) is 11.8 Å². The van der Waals surface area contributed by atoms with E-state index < -0.39 is 0 Å². The summed E-state index contributed by atoms with van der Waals surface area (Å²) in [7, 11) is 0. The van der Waals surface area contributed by atoms with E-state index in [1.807, 2.05) is 0 Å². The van der Waals surface area contributed by atoms with Gasteiger partial charge >= 0.3 is 0 Å². The van der Waals surface area contributed by atoms with E-state index in [-0.39, 0.29) is 0 Å². The maximum Gasteiger partial charge on any atom is 0.0107 e. The third-order valence-corrected chi connectivity index (χ3v) is 5.56. The van der Waals surface area contributed by atoms with Crippen LogP contribution in [0.1, 0.15) is 58.3 Å². The van der Waals surface area contributed by atoms with Crippen LogP contribution in [0, 0.1) is 11.8 Å². The highest BCUT2D eigenvalue weighted by atomic mass is 15.2. The number of piperidine rings is 1. The van der Waals surface area contributed by atoms with Crippen molar-refractivity contribution in [2.75, 3.05) is 19.6 Å². The Balaban J connectivity index is 1.52. The van der Waals surface area contributed by atoms with Crippen molar-refractivity contribution in [3.05, 3.63) is 0 Å². The monoisotopic (exact) mass is 250 g/mol. The first kappa shape index (κ1) is 12.9. The second-order valence-corrected chi connectivity index (χ2v) is 6.89. The van der Waals surface area contributed by atoms with E-state index >= 15 is 0 Å². The molecule has 2 nitrogen and oxygen atoms in total. The fourth-order valence-corrected chi connectivity index (χ4v) is 4.58. The van der Waals surface area contributed by atoms with Crippen molar-refractivity contribution in [1.82, 2.24) is 10.2 Å². The first-order chi connectivity index (χ1) is 8.86. The summed E-state index contributed by atoms with van der Waals surface area (Å²) in [6.07, 6.45) is 11.6. The van der Waals surface area contributed by atoms with Crippen molar-refractivity contribution < 1.29 is 0 Å². The van der Waals surface area contributed by atoms with Gasteiger partial charge in [-0.3, -0.25) is 4.90 Å². The summed E-state index contributed by atoms with van der Waals surface area (Å²) in [5, 5.41) is 3.81. The van der Waals surface area contributed by atoms with Crippen LogP contribution >= 0.6 is 0 Å². The zero-order chi connectivity index (χ0) is 12.4. The summed E-state index contributed by atoms with van der Waals surface area (Å²) in [5.74, 6) is 1.99. The largest absolute Gasteiger partial charge is 0.314 e. The predicted molar refractivity (Wildman–Crippen MR) is 76.7 cm³/mol. The lowest BCUT2D eigenvalue weighted by Gasteiger charge is -2.37. The molecule has 1 aliphatic heterocycles. The summed E-state index contributed by atoms with van der Waals surface area (Å²) in [4.78, 5) is 2.84. The fourth-order valence-electron chi connectivity index (χ4n) is 4.58. The number of rotatable bonds is 5. The number of hydrogen-bond acceptors (Lipinski definition) is 2. The molecule has 0 aromatic heterocycles. The van der Waals surface area contributed by atoms with Gasteiger partial charge in [-0.1, -0.05) is 19.8 Å². The Morgan fingerprint density at radius 3 is 2.72 bits per heavy atom. The van der Waals surface area contributed by atoms with Crippen LogP contribution in [0.15, 0.2) is 0 Å². The molecular formula is C16H30N2. The van der Waals surface area contributed by atoms with Gasteiger partial charge in [-0.25, -0.2) is 0 Å². The molecule has 3 aliphatic rings. The molecule has 3 fully saturated rings. The van der Waals surface area contributed by atoms with E-state index in [4.69, 9.17) is 0 Å². The van der Waals surface area contributed by atoms with Crippen molar-refractivity contribution in [1.29, 1.82) is 0 Å². The summed E-state index contributed by atoms with van der Waals surface area (Å²) in [6.45, 7) is 6.31. The minimum Gasteiger partial charge on any atom is -0.314 e. The molecular weight excluding hydrogens is 220 g/mol. The van der Waals surface area contributed by atoms with Gasteiger partial charge in [-0.05, 0) is 56.9 Å². The maximum absolute atomic E-state index is 3.81. The van der Waals surface area contributed by atoms with Crippen molar-refractivity contribution >= 4 is 0 Å². The molecule has 0 aromatic carbocycles. The SMILES string of the molecule is CCCNC1CCCCC1CN1CC2CCC1C2. The standard InChI is InChI=1S/C16H30N2/c1-2-9-17-16-6-4-3-5-14(16)12-18-11-13-7-8-15(18)10-13/h13-17H,2-12H2,1H3. The Kier molecular flexibility index (Phi) is 4.25. The van der Waals surface area contributed by atoms with Crippen molar-refractivity contribution in [2.45, 2.75) is 70.4 Å². The van der Waals surface area contributed by atoms with E-state index in [0.717, 1.165) is 23.9 Å². The fraction of sp³-hybridized carbons (Fsp3) is 1.00. The lowest BCUT2D eigenvalue weighted by atomic mass is 9.83. The van der Waals surface area contributed by atoms with Gasteiger partial charge in [0.2, 0.25) is 0 Å². The van der Waals surface area contributed by atoms with E-state index in [1.165, 1.54) is 71.0 Å². The number of fused-ring (bicyclic) bond motifs is 2. The van der Waals surface area contributed by atoms with E-state index in [2.05, 4.69) is 17.1 Å². The van der Waals surface area contributed by atoms with Gasteiger partial charge in [-0.15, -0.1) is 0 Å². The topological polar surface area (TPSA) is 15.3 Å². The molecule has 0 radical (unpaired) electrons. The first-order valence-electron chi connectivity index (χ1n) is 8.34. The van der Waals surface area contributed by atoms with Gasteiger partial charge in [0.1, 0.15) is 0 Å².